The summed E-state index contributed by atoms with van der Waals surface area (Å²) >= 11 is 3.41. The number of esters is 1. The first-order chi connectivity index (χ1) is 10.1. The molecule has 3 atom stereocenters. The quantitative estimate of drug-likeness (QED) is 0.838. The van der Waals surface area contributed by atoms with Crippen molar-refractivity contribution in [2.75, 3.05) is 20.3 Å². The second-order valence-corrected chi connectivity index (χ2v) is 6.61. The molecular formula is C15H19BrN2O3. The molecule has 0 amide bonds. The average molecular weight is 355 g/mol. The molecule has 1 aromatic heterocycles. The van der Waals surface area contributed by atoms with Crippen LogP contribution in [0.4, 0.5) is 0 Å². The first kappa shape index (κ1) is 14.9. The van der Waals surface area contributed by atoms with E-state index in [-0.39, 0.29) is 12.6 Å². The van der Waals surface area contributed by atoms with Crippen molar-refractivity contribution in [3.63, 3.8) is 0 Å². The van der Waals surface area contributed by atoms with Crippen LogP contribution in [0.5, 0.6) is 0 Å². The van der Waals surface area contributed by atoms with Gasteiger partial charge < -0.3 is 14.8 Å². The summed E-state index contributed by atoms with van der Waals surface area (Å²) in [6.07, 6.45) is 4.77. The number of fused-ring (bicyclic) bond motifs is 2. The second kappa shape index (κ2) is 6.02. The molecule has 1 aliphatic heterocycles. The van der Waals surface area contributed by atoms with Gasteiger partial charge in [-0.15, -0.1) is 0 Å². The molecule has 2 heterocycles. The van der Waals surface area contributed by atoms with Gasteiger partial charge >= 0.3 is 5.97 Å². The zero-order valence-corrected chi connectivity index (χ0v) is 13.6. The highest BCUT2D eigenvalue weighted by Crippen LogP contribution is 2.46. The lowest BCUT2D eigenvalue weighted by atomic mass is 9.74. The summed E-state index contributed by atoms with van der Waals surface area (Å²) < 4.78 is 11.7. The Balaban J connectivity index is 1.90. The minimum absolute atomic E-state index is 0.0323. The van der Waals surface area contributed by atoms with E-state index in [0.29, 0.717) is 12.0 Å². The van der Waals surface area contributed by atoms with E-state index in [2.05, 4.69) is 26.2 Å². The number of aromatic nitrogens is 1. The Morgan fingerprint density at radius 1 is 1.57 bits per heavy atom. The molecule has 3 unspecified atom stereocenters. The molecule has 1 saturated carbocycles. The van der Waals surface area contributed by atoms with Gasteiger partial charge in [-0.3, -0.25) is 4.98 Å². The Morgan fingerprint density at radius 2 is 2.43 bits per heavy atom. The molecule has 114 valence electrons. The largest absolute Gasteiger partial charge is 0.467 e. The van der Waals surface area contributed by atoms with Crippen LogP contribution in [0.1, 0.15) is 25.0 Å². The van der Waals surface area contributed by atoms with Crippen molar-refractivity contribution in [3.05, 3.63) is 28.5 Å². The lowest BCUT2D eigenvalue weighted by molar-refractivity contribution is -0.162. The van der Waals surface area contributed by atoms with E-state index in [1.165, 1.54) is 7.11 Å². The van der Waals surface area contributed by atoms with E-state index in [1.807, 2.05) is 12.1 Å². The Hall–Kier alpha value is -0.980. The highest BCUT2D eigenvalue weighted by Gasteiger charge is 2.50. The molecule has 0 aromatic carbocycles. The number of rotatable bonds is 4. The number of hydrogen-bond acceptors (Lipinski definition) is 5. The fourth-order valence-corrected chi connectivity index (χ4v) is 3.70. The predicted molar refractivity (Wildman–Crippen MR) is 80.7 cm³/mol. The van der Waals surface area contributed by atoms with Gasteiger partial charge in [-0.05, 0) is 47.3 Å². The smallest absolute Gasteiger partial charge is 0.331 e. The third-order valence-corrected chi connectivity index (χ3v) is 5.05. The number of ether oxygens (including phenoxy) is 2. The molecule has 6 heteroatoms. The maximum absolute atomic E-state index is 11.5. The highest BCUT2D eigenvalue weighted by molar-refractivity contribution is 9.10. The number of nitrogens with one attached hydrogen (secondary N) is 1. The molecule has 2 aliphatic rings. The first-order valence-corrected chi connectivity index (χ1v) is 7.99. The standard InChI is InChI=1S/C15H19BrN2O3/c1-20-14(19)9-21-15(13-3-2-11(16)8-18-13)5-4-12-6-10(15)7-17-12/h2-3,8,10,12,17H,4-7,9H2,1H3. The normalized spacial score (nSPS) is 31.1. The predicted octanol–water partition coefficient (Wildman–Crippen LogP) is 2.00. The minimum atomic E-state index is -0.491. The van der Waals surface area contributed by atoms with Crippen molar-refractivity contribution in [3.8, 4) is 0 Å². The Morgan fingerprint density at radius 3 is 3.14 bits per heavy atom. The molecule has 21 heavy (non-hydrogen) atoms. The summed E-state index contributed by atoms with van der Waals surface area (Å²) in [6, 6.07) is 4.53. The van der Waals surface area contributed by atoms with Crippen LogP contribution in [0.15, 0.2) is 22.8 Å². The Bertz CT molecular complexity index is 522. The number of carbonyl (C=O) groups excluding carboxylic acids is 1. The topological polar surface area (TPSA) is 60.5 Å². The number of halogens is 1. The molecule has 1 saturated heterocycles. The van der Waals surface area contributed by atoms with Crippen LogP contribution in [0.2, 0.25) is 0 Å². The van der Waals surface area contributed by atoms with Crippen LogP contribution in [-0.2, 0) is 19.9 Å². The molecule has 0 radical (unpaired) electrons. The van der Waals surface area contributed by atoms with Crippen LogP contribution in [0, 0.1) is 5.92 Å². The monoisotopic (exact) mass is 354 g/mol. The van der Waals surface area contributed by atoms with E-state index in [4.69, 9.17) is 9.47 Å². The number of pyridine rings is 1. The van der Waals surface area contributed by atoms with E-state index in [9.17, 15) is 4.79 Å². The van der Waals surface area contributed by atoms with Gasteiger partial charge in [0.2, 0.25) is 0 Å². The van der Waals surface area contributed by atoms with Gasteiger partial charge in [0.15, 0.2) is 0 Å². The van der Waals surface area contributed by atoms with Gasteiger partial charge in [-0.2, -0.15) is 0 Å². The van der Waals surface area contributed by atoms with Gasteiger partial charge in [-0.25, -0.2) is 4.79 Å². The molecule has 2 fully saturated rings. The van der Waals surface area contributed by atoms with Crippen molar-refractivity contribution in [1.29, 1.82) is 0 Å². The Labute approximate surface area is 132 Å². The summed E-state index contributed by atoms with van der Waals surface area (Å²) in [6.45, 7) is 0.874. The average Bonchev–Trinajstić information content (AvgIpc) is 2.91. The van der Waals surface area contributed by atoms with Crippen LogP contribution in [0.3, 0.4) is 0 Å². The number of methoxy groups -OCH3 is 1. The van der Waals surface area contributed by atoms with Gasteiger partial charge in [0, 0.05) is 29.2 Å². The second-order valence-electron chi connectivity index (χ2n) is 5.69. The van der Waals surface area contributed by atoms with E-state index >= 15 is 0 Å². The number of carbonyl (C=O) groups is 1. The van der Waals surface area contributed by atoms with E-state index in [1.54, 1.807) is 6.20 Å². The maximum Gasteiger partial charge on any atom is 0.331 e. The molecular weight excluding hydrogens is 336 g/mol. The molecule has 1 aliphatic carbocycles. The molecule has 1 N–H and O–H groups in total. The van der Waals surface area contributed by atoms with Crippen LogP contribution in [0.25, 0.3) is 0 Å². The van der Waals surface area contributed by atoms with Crippen molar-refractivity contribution in [2.24, 2.45) is 5.92 Å². The van der Waals surface area contributed by atoms with Crippen LogP contribution >= 0.6 is 15.9 Å². The third-order valence-electron chi connectivity index (χ3n) is 4.58. The summed E-state index contributed by atoms with van der Waals surface area (Å²) in [5.41, 5.74) is 0.413. The zero-order valence-electron chi connectivity index (χ0n) is 12.0. The minimum Gasteiger partial charge on any atom is -0.467 e. The SMILES string of the molecule is COC(=O)COC1(c2ccc(Br)cn2)CCC2CC1CN2. The van der Waals surface area contributed by atoms with Crippen LogP contribution in [-0.4, -0.2) is 37.3 Å². The van der Waals surface area contributed by atoms with Gasteiger partial charge in [-0.1, -0.05) is 0 Å². The van der Waals surface area contributed by atoms with Crippen molar-refractivity contribution in [2.45, 2.75) is 30.9 Å². The van der Waals surface area contributed by atoms with Crippen LogP contribution < -0.4 is 5.32 Å². The Kier molecular flexibility index (Phi) is 4.28. The van der Waals surface area contributed by atoms with Crippen molar-refractivity contribution >= 4 is 21.9 Å². The van der Waals surface area contributed by atoms with Gasteiger partial charge in [0.25, 0.3) is 0 Å². The van der Waals surface area contributed by atoms with E-state index in [0.717, 1.165) is 36.0 Å². The molecule has 0 spiro atoms. The fraction of sp³-hybridized carbons (Fsp3) is 0.600. The summed E-state index contributed by atoms with van der Waals surface area (Å²) in [5.74, 6) is -0.00542. The van der Waals surface area contributed by atoms with Crippen molar-refractivity contribution in [1.82, 2.24) is 10.3 Å². The lowest BCUT2D eigenvalue weighted by Gasteiger charge is -2.41. The summed E-state index contributed by atoms with van der Waals surface area (Å²) in [5, 5.41) is 3.52. The highest BCUT2D eigenvalue weighted by atomic mass is 79.9. The molecule has 1 aromatic rings. The van der Waals surface area contributed by atoms with E-state index < -0.39 is 5.60 Å². The lowest BCUT2D eigenvalue weighted by Crippen LogP contribution is -2.43. The molecule has 3 rings (SSSR count). The molecule has 5 nitrogen and oxygen atoms in total. The fourth-order valence-electron chi connectivity index (χ4n) is 3.46. The summed E-state index contributed by atoms with van der Waals surface area (Å²) in [7, 11) is 1.38. The van der Waals surface area contributed by atoms with Crippen molar-refractivity contribution < 1.29 is 14.3 Å². The number of nitrogens with zero attached hydrogens (tertiary/aromatic N) is 1. The number of hydrogen-bond donors (Lipinski definition) is 1. The first-order valence-electron chi connectivity index (χ1n) is 7.20. The molecule has 2 bridgehead atoms. The zero-order chi connectivity index (χ0) is 14.9. The maximum atomic E-state index is 11.5. The van der Waals surface area contributed by atoms with Gasteiger partial charge in [0.1, 0.15) is 12.2 Å². The third kappa shape index (κ3) is 2.84. The summed E-state index contributed by atoms with van der Waals surface area (Å²) in [4.78, 5) is 16.0. The van der Waals surface area contributed by atoms with Gasteiger partial charge in [0.05, 0.1) is 12.8 Å².